The first kappa shape index (κ1) is 17.5. The van der Waals surface area contributed by atoms with E-state index in [1.807, 2.05) is 0 Å². The number of rotatable bonds is 5. The molecule has 0 aromatic heterocycles. The molecule has 1 aliphatic rings. The number of aliphatic carboxylic acids is 1. The van der Waals surface area contributed by atoms with Crippen LogP contribution in [0.25, 0.3) is 0 Å². The lowest BCUT2D eigenvalue weighted by Crippen LogP contribution is -2.45. The van der Waals surface area contributed by atoms with Gasteiger partial charge >= 0.3 is 11.9 Å². The van der Waals surface area contributed by atoms with E-state index in [1.54, 1.807) is 20.8 Å². The number of hydrogen-bond acceptors (Lipinski definition) is 4. The zero-order valence-corrected chi connectivity index (χ0v) is 13.0. The van der Waals surface area contributed by atoms with Gasteiger partial charge in [-0.3, -0.25) is 9.59 Å². The summed E-state index contributed by atoms with van der Waals surface area (Å²) in [5.74, 6) is -2.26. The van der Waals surface area contributed by atoms with Gasteiger partial charge in [0.2, 0.25) is 5.91 Å². The topological polar surface area (TPSA) is 92.7 Å². The van der Waals surface area contributed by atoms with Gasteiger partial charge in [0, 0.05) is 5.92 Å². The van der Waals surface area contributed by atoms with Crippen molar-refractivity contribution < 1.29 is 24.2 Å². The molecule has 0 saturated heterocycles. The second-order valence-corrected chi connectivity index (χ2v) is 6.52. The van der Waals surface area contributed by atoms with Gasteiger partial charge in [0.25, 0.3) is 0 Å². The Balaban J connectivity index is 2.55. The molecule has 6 heteroatoms. The van der Waals surface area contributed by atoms with Crippen LogP contribution in [0.3, 0.4) is 0 Å². The summed E-state index contributed by atoms with van der Waals surface area (Å²) >= 11 is 0. The number of amides is 1. The van der Waals surface area contributed by atoms with Crippen molar-refractivity contribution in [3.8, 4) is 0 Å². The average Bonchev–Trinajstić information content (AvgIpc) is 2.36. The summed E-state index contributed by atoms with van der Waals surface area (Å²) in [7, 11) is 0. The third-order valence-electron chi connectivity index (χ3n) is 3.38. The molecule has 0 spiro atoms. The molecule has 1 atom stereocenters. The fourth-order valence-electron chi connectivity index (χ4n) is 2.40. The quantitative estimate of drug-likeness (QED) is 0.756. The van der Waals surface area contributed by atoms with E-state index in [0.29, 0.717) is 0 Å². The molecule has 120 valence electrons. The highest BCUT2D eigenvalue weighted by Gasteiger charge is 2.29. The number of carbonyl (C=O) groups excluding carboxylic acids is 2. The van der Waals surface area contributed by atoms with Crippen molar-refractivity contribution in [1.29, 1.82) is 0 Å². The standard InChI is InChI=1S/C15H25NO5/c1-15(2,3)21-12(17)9-11(14(19)20)16-13(18)10-7-5-4-6-8-10/h10-11H,4-9H2,1-3H3,(H,16,18)(H,19,20)/t11-/m0/s1. The highest BCUT2D eigenvalue weighted by molar-refractivity contribution is 5.88. The van der Waals surface area contributed by atoms with Crippen molar-refractivity contribution in [2.24, 2.45) is 5.92 Å². The van der Waals surface area contributed by atoms with Crippen LogP contribution >= 0.6 is 0 Å². The van der Waals surface area contributed by atoms with Crippen molar-refractivity contribution in [3.05, 3.63) is 0 Å². The van der Waals surface area contributed by atoms with Crippen molar-refractivity contribution in [3.63, 3.8) is 0 Å². The van der Waals surface area contributed by atoms with Crippen LogP contribution in [0.2, 0.25) is 0 Å². The van der Waals surface area contributed by atoms with Crippen molar-refractivity contribution in [2.75, 3.05) is 0 Å². The molecular formula is C15H25NO5. The Labute approximate surface area is 125 Å². The first-order valence-corrected chi connectivity index (χ1v) is 7.44. The van der Waals surface area contributed by atoms with Crippen molar-refractivity contribution in [1.82, 2.24) is 5.32 Å². The van der Waals surface area contributed by atoms with E-state index >= 15 is 0 Å². The molecule has 1 saturated carbocycles. The Morgan fingerprint density at radius 1 is 1.19 bits per heavy atom. The van der Waals surface area contributed by atoms with Gasteiger partial charge in [0.1, 0.15) is 11.6 Å². The molecule has 0 aromatic rings. The molecule has 0 unspecified atom stereocenters. The minimum Gasteiger partial charge on any atom is -0.480 e. The Morgan fingerprint density at radius 2 is 1.76 bits per heavy atom. The van der Waals surface area contributed by atoms with Gasteiger partial charge in [-0.15, -0.1) is 0 Å². The third kappa shape index (κ3) is 6.60. The molecule has 0 aromatic carbocycles. The Bertz CT molecular complexity index is 393. The van der Waals surface area contributed by atoms with E-state index in [-0.39, 0.29) is 18.2 Å². The van der Waals surface area contributed by atoms with Crippen LogP contribution in [-0.4, -0.2) is 34.6 Å². The van der Waals surface area contributed by atoms with Gasteiger partial charge in [-0.1, -0.05) is 19.3 Å². The summed E-state index contributed by atoms with van der Waals surface area (Å²) in [6.45, 7) is 5.13. The van der Waals surface area contributed by atoms with Gasteiger partial charge in [-0.25, -0.2) is 4.79 Å². The van der Waals surface area contributed by atoms with E-state index in [0.717, 1.165) is 32.1 Å². The summed E-state index contributed by atoms with van der Waals surface area (Å²) < 4.78 is 5.09. The molecule has 1 fully saturated rings. The van der Waals surface area contributed by atoms with Gasteiger partial charge in [0.05, 0.1) is 6.42 Å². The number of ether oxygens (including phenoxy) is 1. The molecule has 1 aliphatic carbocycles. The maximum absolute atomic E-state index is 12.1. The molecule has 6 nitrogen and oxygen atoms in total. The second-order valence-electron chi connectivity index (χ2n) is 6.52. The average molecular weight is 299 g/mol. The first-order valence-electron chi connectivity index (χ1n) is 7.44. The summed E-state index contributed by atoms with van der Waals surface area (Å²) in [6, 6.07) is -1.23. The van der Waals surface area contributed by atoms with Crippen molar-refractivity contribution >= 4 is 17.8 Å². The molecule has 0 aliphatic heterocycles. The number of carboxylic acid groups (broad SMARTS) is 1. The van der Waals surface area contributed by atoms with Gasteiger partial charge in [-0.2, -0.15) is 0 Å². The largest absolute Gasteiger partial charge is 0.480 e. The fourth-order valence-corrected chi connectivity index (χ4v) is 2.40. The minimum absolute atomic E-state index is 0.140. The molecule has 1 amide bonds. The van der Waals surface area contributed by atoms with Crippen LogP contribution in [0.5, 0.6) is 0 Å². The summed E-state index contributed by atoms with van der Waals surface area (Å²) in [5.41, 5.74) is -0.673. The number of esters is 1. The lowest BCUT2D eigenvalue weighted by Gasteiger charge is -2.24. The Hall–Kier alpha value is -1.59. The van der Waals surface area contributed by atoms with Crippen LogP contribution in [0.4, 0.5) is 0 Å². The van der Waals surface area contributed by atoms with Crippen LogP contribution in [-0.2, 0) is 19.1 Å². The zero-order chi connectivity index (χ0) is 16.0. The molecule has 0 heterocycles. The smallest absolute Gasteiger partial charge is 0.326 e. The second kappa shape index (κ2) is 7.43. The number of carboxylic acids is 1. The lowest BCUT2D eigenvalue weighted by molar-refractivity contribution is -0.158. The highest BCUT2D eigenvalue weighted by Crippen LogP contribution is 2.23. The lowest BCUT2D eigenvalue weighted by atomic mass is 9.88. The maximum atomic E-state index is 12.1. The number of hydrogen-bond donors (Lipinski definition) is 2. The predicted molar refractivity (Wildman–Crippen MR) is 76.6 cm³/mol. The van der Waals surface area contributed by atoms with Crippen LogP contribution in [0, 0.1) is 5.92 Å². The van der Waals surface area contributed by atoms with Crippen LogP contribution < -0.4 is 5.32 Å². The molecule has 21 heavy (non-hydrogen) atoms. The first-order chi connectivity index (χ1) is 9.69. The molecule has 1 rings (SSSR count). The van der Waals surface area contributed by atoms with Crippen molar-refractivity contribution in [2.45, 2.75) is 70.9 Å². The maximum Gasteiger partial charge on any atom is 0.326 e. The Kier molecular flexibility index (Phi) is 6.18. The highest BCUT2D eigenvalue weighted by atomic mass is 16.6. The van der Waals surface area contributed by atoms with E-state index in [1.165, 1.54) is 0 Å². The van der Waals surface area contributed by atoms with E-state index < -0.39 is 23.6 Å². The van der Waals surface area contributed by atoms with E-state index in [9.17, 15) is 14.4 Å². The number of carbonyl (C=O) groups is 3. The fraction of sp³-hybridized carbons (Fsp3) is 0.800. The third-order valence-corrected chi connectivity index (χ3v) is 3.38. The minimum atomic E-state index is -1.23. The predicted octanol–water partition coefficient (Wildman–Crippen LogP) is 1.87. The zero-order valence-electron chi connectivity index (χ0n) is 13.0. The molecule has 0 bridgehead atoms. The van der Waals surface area contributed by atoms with Gasteiger partial charge in [-0.05, 0) is 33.6 Å². The van der Waals surface area contributed by atoms with Crippen LogP contribution in [0.1, 0.15) is 59.3 Å². The number of nitrogens with one attached hydrogen (secondary N) is 1. The molecular weight excluding hydrogens is 274 g/mol. The summed E-state index contributed by atoms with van der Waals surface area (Å²) in [5, 5.41) is 11.6. The normalized spacial score (nSPS) is 17.9. The van der Waals surface area contributed by atoms with Crippen LogP contribution in [0.15, 0.2) is 0 Å². The van der Waals surface area contributed by atoms with Gasteiger partial charge < -0.3 is 15.2 Å². The SMILES string of the molecule is CC(C)(C)OC(=O)C[C@H](NC(=O)C1CCCCC1)C(=O)O. The molecule has 0 radical (unpaired) electrons. The summed E-state index contributed by atoms with van der Waals surface area (Å²) in [6.07, 6.45) is 4.30. The van der Waals surface area contributed by atoms with E-state index in [4.69, 9.17) is 9.84 Å². The van der Waals surface area contributed by atoms with Gasteiger partial charge in [0.15, 0.2) is 0 Å². The summed E-state index contributed by atoms with van der Waals surface area (Å²) in [4.78, 5) is 34.9. The monoisotopic (exact) mass is 299 g/mol. The molecule has 2 N–H and O–H groups in total. The Morgan fingerprint density at radius 3 is 2.24 bits per heavy atom. The van der Waals surface area contributed by atoms with E-state index in [2.05, 4.69) is 5.32 Å².